The van der Waals surface area contributed by atoms with E-state index in [4.69, 9.17) is 4.74 Å². The average Bonchev–Trinajstić information content (AvgIpc) is 3.14. The van der Waals surface area contributed by atoms with Gasteiger partial charge in [0.25, 0.3) is 5.19 Å². The number of thiazole rings is 1. The van der Waals surface area contributed by atoms with Crippen LogP contribution < -0.4 is 10.1 Å². The van der Waals surface area contributed by atoms with Gasteiger partial charge in [0.05, 0.1) is 10.2 Å². The first-order chi connectivity index (χ1) is 14.5. The lowest BCUT2D eigenvalue weighted by Gasteiger charge is -2.39. The molecule has 1 saturated heterocycles. The first kappa shape index (κ1) is 20.8. The summed E-state index contributed by atoms with van der Waals surface area (Å²) in [6, 6.07) is 15.3. The summed E-state index contributed by atoms with van der Waals surface area (Å²) in [4.78, 5) is 18.5. The summed E-state index contributed by atoms with van der Waals surface area (Å²) in [6.45, 7) is 7.83. The summed E-state index contributed by atoms with van der Waals surface area (Å²) < 4.78 is 7.16. The molecule has 6 heteroatoms. The highest BCUT2D eigenvalue weighted by molar-refractivity contribution is 7.20. The van der Waals surface area contributed by atoms with Gasteiger partial charge in [-0.15, -0.1) is 0 Å². The number of nitrogens with zero attached hydrogens (tertiary/aromatic N) is 2. The van der Waals surface area contributed by atoms with Gasteiger partial charge in [-0.25, -0.2) is 4.98 Å². The van der Waals surface area contributed by atoms with Crippen molar-refractivity contribution in [3.05, 3.63) is 53.6 Å². The van der Waals surface area contributed by atoms with Gasteiger partial charge in [0, 0.05) is 32.1 Å². The number of carbonyl (C=O) groups is 1. The van der Waals surface area contributed by atoms with Gasteiger partial charge in [-0.2, -0.15) is 0 Å². The molecule has 1 aliphatic rings. The Morgan fingerprint density at radius 3 is 2.77 bits per heavy atom. The van der Waals surface area contributed by atoms with E-state index in [1.165, 1.54) is 11.1 Å². The van der Waals surface area contributed by atoms with Gasteiger partial charge in [0.2, 0.25) is 5.91 Å². The zero-order chi connectivity index (χ0) is 21.1. The molecule has 0 bridgehead atoms. The van der Waals surface area contributed by atoms with E-state index in [0.717, 1.165) is 48.3 Å². The highest BCUT2D eigenvalue weighted by Gasteiger charge is 2.27. The quantitative estimate of drug-likeness (QED) is 0.586. The maximum Gasteiger partial charge on any atom is 0.279 e. The number of benzene rings is 2. The van der Waals surface area contributed by atoms with Crippen molar-refractivity contribution >= 4 is 27.5 Å². The molecular weight excluding hydrogens is 394 g/mol. The maximum atomic E-state index is 11.4. The Morgan fingerprint density at radius 2 is 2.07 bits per heavy atom. The minimum atomic E-state index is 0.0715. The average molecular weight is 424 g/mol. The van der Waals surface area contributed by atoms with E-state index in [9.17, 15) is 4.79 Å². The van der Waals surface area contributed by atoms with Crippen LogP contribution in [0.15, 0.2) is 42.5 Å². The number of carbonyl (C=O) groups excluding carboxylic acids is 1. The van der Waals surface area contributed by atoms with Crippen LogP contribution in [0, 0.1) is 6.92 Å². The van der Waals surface area contributed by atoms with Gasteiger partial charge in [-0.3, -0.25) is 9.69 Å². The summed E-state index contributed by atoms with van der Waals surface area (Å²) in [6.07, 6.45) is 3.12. The standard InChI is InChI=1S/C24H29N3O2S/c1-4-20-14-19(25-17(3)28)12-13-27(20)15-18-8-10-21(11-9-18)29-24-26-23-16(2)6-5-7-22(23)30-24/h5-11,19-20H,4,12-15H2,1-3H3,(H,25,28)/t19-,20-/m0/s1. The SMILES string of the molecule is CC[C@H]1C[C@@H](NC(C)=O)CCN1Cc1ccc(Oc2nc3c(C)cccc3s2)cc1. The lowest BCUT2D eigenvalue weighted by molar-refractivity contribution is -0.120. The van der Waals surface area contributed by atoms with Crippen molar-refractivity contribution in [1.29, 1.82) is 0 Å². The summed E-state index contributed by atoms with van der Waals surface area (Å²) in [7, 11) is 0. The Kier molecular flexibility index (Phi) is 6.35. The molecule has 0 radical (unpaired) electrons. The van der Waals surface area contributed by atoms with E-state index in [2.05, 4.69) is 59.4 Å². The zero-order valence-electron chi connectivity index (χ0n) is 17.9. The monoisotopic (exact) mass is 423 g/mol. The van der Waals surface area contributed by atoms with Gasteiger partial charge < -0.3 is 10.1 Å². The summed E-state index contributed by atoms with van der Waals surface area (Å²) in [5.74, 6) is 0.883. The van der Waals surface area contributed by atoms with E-state index in [-0.39, 0.29) is 5.91 Å². The Hall–Kier alpha value is -2.44. The van der Waals surface area contributed by atoms with E-state index in [1.54, 1.807) is 18.3 Å². The number of likely N-dealkylation sites (tertiary alicyclic amines) is 1. The molecule has 1 aliphatic heterocycles. The second kappa shape index (κ2) is 9.14. The zero-order valence-corrected chi connectivity index (χ0v) is 18.7. The molecule has 5 nitrogen and oxygen atoms in total. The molecule has 3 aromatic rings. The Bertz CT molecular complexity index is 1010. The van der Waals surface area contributed by atoms with Crippen LogP contribution in [-0.4, -0.2) is 34.4 Å². The van der Waals surface area contributed by atoms with E-state index in [0.29, 0.717) is 17.3 Å². The molecule has 0 saturated carbocycles. The fraction of sp³-hybridized carbons (Fsp3) is 0.417. The first-order valence-corrected chi connectivity index (χ1v) is 11.5. The number of hydrogen-bond donors (Lipinski definition) is 1. The second-order valence-electron chi connectivity index (χ2n) is 8.10. The van der Waals surface area contributed by atoms with Crippen LogP contribution in [0.5, 0.6) is 10.9 Å². The minimum Gasteiger partial charge on any atom is -0.431 e. The number of amides is 1. The molecule has 158 valence electrons. The molecule has 30 heavy (non-hydrogen) atoms. The predicted molar refractivity (Wildman–Crippen MR) is 122 cm³/mol. The van der Waals surface area contributed by atoms with E-state index < -0.39 is 0 Å². The van der Waals surface area contributed by atoms with Crippen LogP contribution >= 0.6 is 11.3 Å². The van der Waals surface area contributed by atoms with Crippen LogP contribution in [-0.2, 0) is 11.3 Å². The number of ether oxygens (including phenoxy) is 1. The lowest BCUT2D eigenvalue weighted by atomic mass is 9.94. The Balaban J connectivity index is 1.38. The smallest absolute Gasteiger partial charge is 0.279 e. The largest absolute Gasteiger partial charge is 0.431 e. The number of para-hydroxylation sites is 1. The van der Waals surface area contributed by atoms with Crippen LogP contribution in [0.4, 0.5) is 0 Å². The minimum absolute atomic E-state index is 0.0715. The number of fused-ring (bicyclic) bond motifs is 1. The Labute approximate surface area is 182 Å². The molecule has 2 heterocycles. The summed E-state index contributed by atoms with van der Waals surface area (Å²) >= 11 is 1.58. The fourth-order valence-electron chi connectivity index (χ4n) is 4.26. The van der Waals surface area contributed by atoms with Crippen LogP contribution in [0.2, 0.25) is 0 Å². The molecule has 1 fully saturated rings. The fourth-order valence-corrected chi connectivity index (χ4v) is 5.17. The highest BCUT2D eigenvalue weighted by Crippen LogP contribution is 2.33. The third-order valence-electron chi connectivity index (χ3n) is 5.83. The van der Waals surface area contributed by atoms with E-state index >= 15 is 0 Å². The number of aryl methyl sites for hydroxylation is 1. The molecule has 1 amide bonds. The molecule has 4 rings (SSSR count). The van der Waals surface area contributed by atoms with Gasteiger partial charge in [-0.1, -0.05) is 42.5 Å². The van der Waals surface area contributed by atoms with Crippen LogP contribution in [0.1, 0.15) is 44.2 Å². The highest BCUT2D eigenvalue weighted by atomic mass is 32.1. The molecule has 1 aromatic heterocycles. The topological polar surface area (TPSA) is 54.5 Å². The molecule has 2 atom stereocenters. The number of aromatic nitrogens is 1. The van der Waals surface area contributed by atoms with Crippen LogP contribution in [0.3, 0.4) is 0 Å². The molecular formula is C24H29N3O2S. The van der Waals surface area contributed by atoms with Crippen LogP contribution in [0.25, 0.3) is 10.2 Å². The molecule has 0 aliphatic carbocycles. The van der Waals surface area contributed by atoms with Crippen molar-refractivity contribution in [1.82, 2.24) is 15.2 Å². The van der Waals surface area contributed by atoms with Crippen molar-refractivity contribution in [3.63, 3.8) is 0 Å². The molecule has 1 N–H and O–H groups in total. The lowest BCUT2D eigenvalue weighted by Crippen LogP contribution is -2.48. The van der Waals surface area contributed by atoms with Crippen molar-refractivity contribution in [2.75, 3.05) is 6.54 Å². The second-order valence-corrected chi connectivity index (χ2v) is 9.10. The van der Waals surface area contributed by atoms with Crippen molar-refractivity contribution < 1.29 is 9.53 Å². The van der Waals surface area contributed by atoms with Crippen molar-refractivity contribution in [2.45, 2.75) is 58.7 Å². The van der Waals surface area contributed by atoms with Gasteiger partial charge >= 0.3 is 0 Å². The molecule has 0 unspecified atom stereocenters. The number of rotatable bonds is 6. The van der Waals surface area contributed by atoms with E-state index in [1.807, 2.05) is 12.1 Å². The maximum absolute atomic E-state index is 11.4. The summed E-state index contributed by atoms with van der Waals surface area (Å²) in [5, 5.41) is 3.77. The summed E-state index contributed by atoms with van der Waals surface area (Å²) in [5.41, 5.74) is 3.46. The number of nitrogens with one attached hydrogen (secondary N) is 1. The number of piperidine rings is 1. The predicted octanol–water partition coefficient (Wildman–Crippen LogP) is 5.28. The third kappa shape index (κ3) is 4.82. The third-order valence-corrected chi connectivity index (χ3v) is 6.73. The van der Waals surface area contributed by atoms with Gasteiger partial charge in [0.1, 0.15) is 5.75 Å². The number of hydrogen-bond acceptors (Lipinski definition) is 5. The van der Waals surface area contributed by atoms with Gasteiger partial charge in [-0.05, 0) is 55.5 Å². The Morgan fingerprint density at radius 1 is 1.27 bits per heavy atom. The first-order valence-electron chi connectivity index (χ1n) is 10.7. The van der Waals surface area contributed by atoms with Gasteiger partial charge in [0.15, 0.2) is 0 Å². The molecule has 2 aromatic carbocycles. The van der Waals surface area contributed by atoms with Crippen molar-refractivity contribution in [2.24, 2.45) is 0 Å². The molecule has 0 spiro atoms. The van der Waals surface area contributed by atoms with Crippen molar-refractivity contribution in [3.8, 4) is 10.9 Å². The normalized spacial score (nSPS) is 19.7.